The molecule has 2 aromatic rings. The van der Waals surface area contributed by atoms with Crippen LogP contribution in [0.4, 0.5) is 0 Å². The number of hydrogen-bond acceptors (Lipinski definition) is 7. The molecule has 1 N–H and O–H groups in total. The summed E-state index contributed by atoms with van der Waals surface area (Å²) in [6.07, 6.45) is 2.63. The van der Waals surface area contributed by atoms with Gasteiger partial charge in [-0.3, -0.25) is 9.59 Å². The number of benzene rings is 2. The summed E-state index contributed by atoms with van der Waals surface area (Å²) in [5.41, 5.74) is 3.77. The predicted octanol–water partition coefficient (Wildman–Crippen LogP) is 2.72. The average molecular weight is 456 g/mol. The number of carbonyl (C=O) groups is 2. The highest BCUT2D eigenvalue weighted by Crippen LogP contribution is 2.29. The van der Waals surface area contributed by atoms with Gasteiger partial charge in [0.1, 0.15) is 11.5 Å². The van der Waals surface area contributed by atoms with Crippen LogP contribution in [0.5, 0.6) is 23.0 Å². The van der Waals surface area contributed by atoms with E-state index in [9.17, 15) is 9.59 Å². The smallest absolute Gasteiger partial charge is 0.254 e. The third-order valence-corrected chi connectivity index (χ3v) is 5.56. The number of rotatable bonds is 8. The number of carbonyl (C=O) groups excluding carboxylic acids is 2. The first-order valence-electron chi connectivity index (χ1n) is 10.6. The van der Waals surface area contributed by atoms with Crippen LogP contribution in [-0.2, 0) is 4.79 Å². The second-order valence-electron chi connectivity index (χ2n) is 7.48. The van der Waals surface area contributed by atoms with E-state index in [0.29, 0.717) is 60.1 Å². The summed E-state index contributed by atoms with van der Waals surface area (Å²) in [6, 6.07) is 10.5. The van der Waals surface area contributed by atoms with Crippen molar-refractivity contribution in [3.63, 3.8) is 0 Å². The van der Waals surface area contributed by atoms with Gasteiger partial charge in [-0.25, -0.2) is 5.43 Å². The Bertz CT molecular complexity index is 993. The molecule has 0 atom stereocenters. The number of hydrogen-bond donors (Lipinski definition) is 1. The van der Waals surface area contributed by atoms with Gasteiger partial charge >= 0.3 is 0 Å². The Hall–Kier alpha value is -3.75. The molecule has 1 heterocycles. The third kappa shape index (κ3) is 5.74. The van der Waals surface area contributed by atoms with Crippen molar-refractivity contribution >= 4 is 18.0 Å². The Kier molecular flexibility index (Phi) is 8.12. The van der Waals surface area contributed by atoms with Crippen LogP contribution in [0.1, 0.15) is 28.8 Å². The molecular weight excluding hydrogens is 426 g/mol. The summed E-state index contributed by atoms with van der Waals surface area (Å²) in [6.45, 7) is 0.952. The van der Waals surface area contributed by atoms with Crippen LogP contribution in [0, 0.1) is 5.92 Å². The number of piperidine rings is 1. The van der Waals surface area contributed by atoms with Crippen molar-refractivity contribution < 1.29 is 28.5 Å². The Balaban J connectivity index is 1.56. The minimum absolute atomic E-state index is 0.116. The molecule has 0 aromatic heterocycles. The van der Waals surface area contributed by atoms with Crippen LogP contribution >= 0.6 is 0 Å². The van der Waals surface area contributed by atoms with E-state index in [-0.39, 0.29) is 17.7 Å². The van der Waals surface area contributed by atoms with Gasteiger partial charge in [0.2, 0.25) is 5.91 Å². The molecule has 0 saturated carbocycles. The zero-order chi connectivity index (χ0) is 23.8. The van der Waals surface area contributed by atoms with Crippen LogP contribution in [0.15, 0.2) is 41.5 Å². The Labute approximate surface area is 193 Å². The number of methoxy groups -OCH3 is 4. The van der Waals surface area contributed by atoms with Crippen molar-refractivity contribution in [1.29, 1.82) is 0 Å². The van der Waals surface area contributed by atoms with Crippen LogP contribution < -0.4 is 24.4 Å². The summed E-state index contributed by atoms with van der Waals surface area (Å²) in [7, 11) is 6.19. The molecule has 0 radical (unpaired) electrons. The zero-order valence-corrected chi connectivity index (χ0v) is 19.3. The summed E-state index contributed by atoms with van der Waals surface area (Å²) in [5, 5.41) is 4.07. The second-order valence-corrected chi connectivity index (χ2v) is 7.48. The first kappa shape index (κ1) is 23.9. The Morgan fingerprint density at radius 3 is 2.21 bits per heavy atom. The standard InChI is InChI=1S/C24H29N3O6/c1-30-19-12-18(13-20(14-19)31-2)24(29)27-10-8-16(9-11-27)23(28)26-25-15-17-6-5-7-21(32-3)22(17)33-4/h5-7,12-16H,8-11H2,1-4H3,(H,26,28)/b25-15-. The minimum atomic E-state index is -0.224. The Morgan fingerprint density at radius 1 is 0.970 bits per heavy atom. The zero-order valence-electron chi connectivity index (χ0n) is 19.3. The average Bonchev–Trinajstić information content (AvgIpc) is 2.87. The normalized spacial score (nSPS) is 14.1. The number of ether oxygens (including phenoxy) is 4. The molecule has 2 amide bonds. The van der Waals surface area contributed by atoms with Gasteiger partial charge in [-0.15, -0.1) is 0 Å². The van der Waals surface area contributed by atoms with E-state index in [0.717, 1.165) is 0 Å². The molecule has 1 fully saturated rings. The second kappa shape index (κ2) is 11.2. The van der Waals surface area contributed by atoms with Crippen LogP contribution in [0.2, 0.25) is 0 Å². The van der Waals surface area contributed by atoms with E-state index in [2.05, 4.69) is 10.5 Å². The molecule has 2 aromatic carbocycles. The lowest BCUT2D eigenvalue weighted by Crippen LogP contribution is -2.42. The lowest BCUT2D eigenvalue weighted by molar-refractivity contribution is -0.126. The van der Waals surface area contributed by atoms with Gasteiger partial charge in [0.15, 0.2) is 11.5 Å². The van der Waals surface area contributed by atoms with E-state index in [1.54, 1.807) is 57.6 Å². The molecule has 33 heavy (non-hydrogen) atoms. The van der Waals surface area contributed by atoms with Crippen molar-refractivity contribution in [2.45, 2.75) is 12.8 Å². The van der Waals surface area contributed by atoms with Gasteiger partial charge in [0.05, 0.1) is 34.7 Å². The van der Waals surface area contributed by atoms with E-state index < -0.39 is 0 Å². The fraction of sp³-hybridized carbons (Fsp3) is 0.375. The fourth-order valence-electron chi connectivity index (χ4n) is 3.73. The van der Waals surface area contributed by atoms with Gasteiger partial charge in [-0.1, -0.05) is 6.07 Å². The topological polar surface area (TPSA) is 98.7 Å². The highest BCUT2D eigenvalue weighted by molar-refractivity contribution is 5.95. The molecule has 0 bridgehead atoms. The molecule has 1 aliphatic heterocycles. The van der Waals surface area contributed by atoms with E-state index in [1.807, 2.05) is 12.1 Å². The molecule has 0 unspecified atom stereocenters. The number of nitrogens with zero attached hydrogens (tertiary/aromatic N) is 2. The number of amides is 2. The van der Waals surface area contributed by atoms with Gasteiger partial charge < -0.3 is 23.8 Å². The minimum Gasteiger partial charge on any atom is -0.497 e. The van der Waals surface area contributed by atoms with Crippen molar-refractivity contribution in [1.82, 2.24) is 10.3 Å². The van der Waals surface area contributed by atoms with Crippen molar-refractivity contribution in [3.05, 3.63) is 47.5 Å². The molecule has 9 heteroatoms. The highest BCUT2D eigenvalue weighted by atomic mass is 16.5. The largest absolute Gasteiger partial charge is 0.497 e. The van der Waals surface area contributed by atoms with E-state index >= 15 is 0 Å². The molecule has 0 spiro atoms. The molecule has 1 saturated heterocycles. The molecule has 9 nitrogen and oxygen atoms in total. The van der Waals surface area contributed by atoms with Crippen LogP contribution in [0.25, 0.3) is 0 Å². The SMILES string of the molecule is COc1cc(OC)cc(C(=O)N2CCC(C(=O)N/N=C\c3cccc(OC)c3OC)CC2)c1. The van der Waals surface area contributed by atoms with Crippen LogP contribution in [0.3, 0.4) is 0 Å². The number of hydrazone groups is 1. The first-order chi connectivity index (χ1) is 16.0. The fourth-order valence-corrected chi connectivity index (χ4v) is 3.73. The summed E-state index contributed by atoms with van der Waals surface area (Å²) in [5.74, 6) is 1.71. The van der Waals surface area contributed by atoms with Crippen molar-refractivity contribution in [2.24, 2.45) is 11.0 Å². The lowest BCUT2D eigenvalue weighted by atomic mass is 9.95. The number of likely N-dealkylation sites (tertiary alicyclic amines) is 1. The Morgan fingerprint density at radius 2 is 1.64 bits per heavy atom. The molecule has 0 aliphatic carbocycles. The summed E-state index contributed by atoms with van der Waals surface area (Å²) in [4.78, 5) is 27.2. The number of nitrogens with one attached hydrogen (secondary N) is 1. The van der Waals surface area contributed by atoms with Gasteiger partial charge in [0, 0.05) is 36.2 Å². The maximum absolute atomic E-state index is 12.9. The quantitative estimate of drug-likeness (QED) is 0.486. The van der Waals surface area contributed by atoms with E-state index in [1.165, 1.54) is 6.21 Å². The number of para-hydroxylation sites is 1. The maximum atomic E-state index is 12.9. The molecule has 176 valence electrons. The molecule has 3 rings (SSSR count). The van der Waals surface area contributed by atoms with Gasteiger partial charge in [-0.05, 0) is 37.1 Å². The lowest BCUT2D eigenvalue weighted by Gasteiger charge is -2.31. The monoisotopic (exact) mass is 455 g/mol. The van der Waals surface area contributed by atoms with Gasteiger partial charge in [-0.2, -0.15) is 5.10 Å². The highest BCUT2D eigenvalue weighted by Gasteiger charge is 2.28. The maximum Gasteiger partial charge on any atom is 0.254 e. The van der Waals surface area contributed by atoms with E-state index in [4.69, 9.17) is 18.9 Å². The van der Waals surface area contributed by atoms with Crippen LogP contribution in [-0.4, -0.2) is 64.5 Å². The molecule has 1 aliphatic rings. The van der Waals surface area contributed by atoms with Crippen molar-refractivity contribution in [2.75, 3.05) is 41.5 Å². The predicted molar refractivity (Wildman–Crippen MR) is 123 cm³/mol. The summed E-state index contributed by atoms with van der Waals surface area (Å²) < 4.78 is 21.1. The first-order valence-corrected chi connectivity index (χ1v) is 10.6. The van der Waals surface area contributed by atoms with Crippen molar-refractivity contribution in [3.8, 4) is 23.0 Å². The van der Waals surface area contributed by atoms with Gasteiger partial charge in [0.25, 0.3) is 5.91 Å². The third-order valence-electron chi connectivity index (χ3n) is 5.56. The molecular formula is C24H29N3O6. The summed E-state index contributed by atoms with van der Waals surface area (Å²) >= 11 is 0.